The van der Waals surface area contributed by atoms with Gasteiger partial charge in [-0.05, 0) is 30.5 Å². The summed E-state index contributed by atoms with van der Waals surface area (Å²) < 4.78 is 32.5. The van der Waals surface area contributed by atoms with E-state index in [1.807, 2.05) is 23.1 Å². The van der Waals surface area contributed by atoms with Gasteiger partial charge in [-0.1, -0.05) is 30.3 Å². The number of benzene rings is 2. The predicted octanol–water partition coefficient (Wildman–Crippen LogP) is 2.91. The fourth-order valence-corrected chi connectivity index (χ4v) is 3.31. The van der Waals surface area contributed by atoms with Gasteiger partial charge in [0.1, 0.15) is 5.75 Å². The molecule has 0 aliphatic carbocycles. The van der Waals surface area contributed by atoms with Crippen LogP contribution in [0.5, 0.6) is 5.75 Å². The Balaban J connectivity index is 2.22. The van der Waals surface area contributed by atoms with E-state index in [9.17, 15) is 18.1 Å². The standard InChI is InChI=1S/C16H17NO4S/c18-16-14(12-6-2-1-3-7-12)10-13(22(19,20)21)11-15(16)17-8-4-5-9-17/h1-3,6-7,10-11,18H,4-5,8-9H2,(H,19,20,21). The zero-order chi connectivity index (χ0) is 15.7. The average molecular weight is 319 g/mol. The number of hydrogen-bond donors (Lipinski definition) is 2. The minimum absolute atomic E-state index is 0.0421. The molecule has 22 heavy (non-hydrogen) atoms. The Kier molecular flexibility index (Phi) is 3.80. The third-order valence-corrected chi connectivity index (χ3v) is 4.72. The number of hydrogen-bond acceptors (Lipinski definition) is 4. The Morgan fingerprint density at radius 1 is 1.00 bits per heavy atom. The monoisotopic (exact) mass is 319 g/mol. The highest BCUT2D eigenvalue weighted by Crippen LogP contribution is 2.41. The highest BCUT2D eigenvalue weighted by Gasteiger charge is 2.23. The van der Waals surface area contributed by atoms with E-state index in [2.05, 4.69) is 0 Å². The summed E-state index contributed by atoms with van der Waals surface area (Å²) in [5.74, 6) is 0.0421. The molecule has 0 atom stereocenters. The molecule has 6 heteroatoms. The van der Waals surface area contributed by atoms with Gasteiger partial charge in [-0.3, -0.25) is 4.55 Å². The molecule has 0 spiro atoms. The normalized spacial score (nSPS) is 15.2. The summed E-state index contributed by atoms with van der Waals surface area (Å²) in [5.41, 5.74) is 1.55. The molecule has 1 aliphatic heterocycles. The lowest BCUT2D eigenvalue weighted by Gasteiger charge is -2.21. The average Bonchev–Trinajstić information content (AvgIpc) is 3.01. The summed E-state index contributed by atoms with van der Waals surface area (Å²) in [6.07, 6.45) is 1.99. The summed E-state index contributed by atoms with van der Waals surface area (Å²) in [5, 5.41) is 10.6. The summed E-state index contributed by atoms with van der Waals surface area (Å²) in [6, 6.07) is 11.7. The molecule has 0 aromatic heterocycles. The molecule has 1 saturated heterocycles. The summed E-state index contributed by atoms with van der Waals surface area (Å²) in [6.45, 7) is 1.52. The number of aromatic hydroxyl groups is 1. The quantitative estimate of drug-likeness (QED) is 0.851. The van der Waals surface area contributed by atoms with Crippen LogP contribution in [0.15, 0.2) is 47.4 Å². The third-order valence-electron chi connectivity index (χ3n) is 3.89. The van der Waals surface area contributed by atoms with Gasteiger partial charge in [0.15, 0.2) is 0 Å². The number of nitrogens with zero attached hydrogens (tertiary/aromatic N) is 1. The van der Waals surface area contributed by atoms with E-state index in [4.69, 9.17) is 0 Å². The van der Waals surface area contributed by atoms with Crippen LogP contribution in [0.1, 0.15) is 12.8 Å². The highest BCUT2D eigenvalue weighted by atomic mass is 32.2. The Hall–Kier alpha value is -2.05. The van der Waals surface area contributed by atoms with Crippen LogP contribution < -0.4 is 4.90 Å². The van der Waals surface area contributed by atoms with Crippen molar-refractivity contribution in [3.63, 3.8) is 0 Å². The first-order chi connectivity index (χ1) is 10.5. The molecule has 1 fully saturated rings. The molecule has 2 aromatic carbocycles. The minimum atomic E-state index is -4.34. The van der Waals surface area contributed by atoms with Crippen LogP contribution in [0.2, 0.25) is 0 Å². The first-order valence-corrected chi connectivity index (χ1v) is 8.56. The Morgan fingerprint density at radius 3 is 2.23 bits per heavy atom. The summed E-state index contributed by atoms with van der Waals surface area (Å²) >= 11 is 0. The van der Waals surface area contributed by atoms with Crippen molar-refractivity contribution in [2.45, 2.75) is 17.7 Å². The summed E-state index contributed by atoms with van der Waals surface area (Å²) in [7, 11) is -4.34. The summed E-state index contributed by atoms with van der Waals surface area (Å²) in [4.78, 5) is 1.74. The van der Waals surface area contributed by atoms with E-state index in [-0.39, 0.29) is 10.6 Å². The van der Waals surface area contributed by atoms with E-state index in [1.54, 1.807) is 12.1 Å². The highest BCUT2D eigenvalue weighted by molar-refractivity contribution is 7.85. The molecular weight excluding hydrogens is 302 g/mol. The van der Waals surface area contributed by atoms with Crippen LogP contribution in [0.25, 0.3) is 11.1 Å². The number of phenolic OH excluding ortho intramolecular Hbond substituents is 1. The van der Waals surface area contributed by atoms with Crippen molar-refractivity contribution >= 4 is 15.8 Å². The fraction of sp³-hybridized carbons (Fsp3) is 0.250. The van der Waals surface area contributed by atoms with Crippen LogP contribution in [0.4, 0.5) is 5.69 Å². The molecule has 2 N–H and O–H groups in total. The second-order valence-corrected chi connectivity index (χ2v) is 6.80. The van der Waals surface area contributed by atoms with Gasteiger partial charge in [0, 0.05) is 18.7 Å². The topological polar surface area (TPSA) is 77.8 Å². The van der Waals surface area contributed by atoms with E-state index in [1.165, 1.54) is 12.1 Å². The van der Waals surface area contributed by atoms with Crippen LogP contribution in [0, 0.1) is 0 Å². The van der Waals surface area contributed by atoms with Gasteiger partial charge in [0.2, 0.25) is 0 Å². The number of anilines is 1. The molecule has 5 nitrogen and oxygen atoms in total. The maximum Gasteiger partial charge on any atom is 0.294 e. The lowest BCUT2D eigenvalue weighted by Crippen LogP contribution is -2.18. The van der Waals surface area contributed by atoms with Gasteiger partial charge in [0.25, 0.3) is 10.1 Å². The van der Waals surface area contributed by atoms with E-state index >= 15 is 0 Å². The SMILES string of the molecule is O=S(=O)(O)c1cc(-c2ccccc2)c(O)c(N2CCCC2)c1. The van der Waals surface area contributed by atoms with Gasteiger partial charge in [-0.2, -0.15) is 8.42 Å². The van der Waals surface area contributed by atoms with Crippen molar-refractivity contribution in [3.05, 3.63) is 42.5 Å². The molecule has 3 rings (SSSR count). The first-order valence-electron chi connectivity index (χ1n) is 7.12. The lowest BCUT2D eigenvalue weighted by molar-refractivity contribution is 0.474. The van der Waals surface area contributed by atoms with Gasteiger partial charge in [-0.15, -0.1) is 0 Å². The van der Waals surface area contributed by atoms with Gasteiger partial charge in [0.05, 0.1) is 10.6 Å². The molecule has 2 aromatic rings. The Morgan fingerprint density at radius 2 is 1.64 bits per heavy atom. The van der Waals surface area contributed by atoms with E-state index in [0.717, 1.165) is 25.9 Å². The van der Waals surface area contributed by atoms with E-state index in [0.29, 0.717) is 16.8 Å². The predicted molar refractivity (Wildman–Crippen MR) is 84.8 cm³/mol. The lowest BCUT2D eigenvalue weighted by atomic mass is 10.0. The third kappa shape index (κ3) is 2.80. The van der Waals surface area contributed by atoms with Crippen molar-refractivity contribution in [1.29, 1.82) is 0 Å². The van der Waals surface area contributed by atoms with Crippen LogP contribution in [-0.4, -0.2) is 31.2 Å². The molecule has 116 valence electrons. The van der Waals surface area contributed by atoms with E-state index < -0.39 is 10.1 Å². The zero-order valence-corrected chi connectivity index (χ0v) is 12.8. The van der Waals surface area contributed by atoms with Crippen molar-refractivity contribution < 1.29 is 18.1 Å². The zero-order valence-electron chi connectivity index (χ0n) is 11.9. The largest absolute Gasteiger partial charge is 0.505 e. The first kappa shape index (κ1) is 14.9. The van der Waals surface area contributed by atoms with Gasteiger partial charge < -0.3 is 10.0 Å². The fourth-order valence-electron chi connectivity index (χ4n) is 2.78. The van der Waals surface area contributed by atoms with Crippen molar-refractivity contribution in [1.82, 2.24) is 0 Å². The Labute approximate surface area is 129 Å². The molecule has 0 bridgehead atoms. The second-order valence-electron chi connectivity index (χ2n) is 5.37. The van der Waals surface area contributed by atoms with Crippen LogP contribution in [-0.2, 0) is 10.1 Å². The Bertz CT molecular complexity index is 781. The molecule has 0 unspecified atom stereocenters. The van der Waals surface area contributed by atoms with Crippen LogP contribution >= 0.6 is 0 Å². The van der Waals surface area contributed by atoms with Gasteiger partial charge in [-0.25, -0.2) is 0 Å². The van der Waals surface area contributed by atoms with Crippen molar-refractivity contribution in [3.8, 4) is 16.9 Å². The number of rotatable bonds is 3. The second kappa shape index (κ2) is 5.62. The van der Waals surface area contributed by atoms with Crippen molar-refractivity contribution in [2.24, 2.45) is 0 Å². The molecule has 1 aliphatic rings. The molecule has 1 heterocycles. The van der Waals surface area contributed by atoms with Crippen molar-refractivity contribution in [2.75, 3.05) is 18.0 Å². The smallest absolute Gasteiger partial charge is 0.294 e. The maximum atomic E-state index is 11.6. The molecule has 0 saturated carbocycles. The molecule has 0 radical (unpaired) electrons. The number of phenols is 1. The molecule has 0 amide bonds. The molecular formula is C16H17NO4S. The van der Waals surface area contributed by atoms with Gasteiger partial charge >= 0.3 is 0 Å². The minimum Gasteiger partial charge on any atom is -0.505 e. The van der Waals surface area contributed by atoms with Crippen LogP contribution in [0.3, 0.4) is 0 Å². The maximum absolute atomic E-state index is 11.6.